The van der Waals surface area contributed by atoms with Crippen molar-refractivity contribution < 1.29 is 28.6 Å². The highest BCUT2D eigenvalue weighted by Crippen LogP contribution is 2.35. The molecule has 1 aromatic heterocycles. The maximum absolute atomic E-state index is 12.7. The van der Waals surface area contributed by atoms with Crippen LogP contribution in [0, 0.1) is 0 Å². The molecular weight excluding hydrogens is 420 g/mol. The van der Waals surface area contributed by atoms with Crippen LogP contribution in [0.5, 0.6) is 11.5 Å². The van der Waals surface area contributed by atoms with E-state index in [1.807, 2.05) is 32.9 Å². The summed E-state index contributed by atoms with van der Waals surface area (Å²) in [4.78, 5) is 30.3. The Kier molecular flexibility index (Phi) is 7.41. The summed E-state index contributed by atoms with van der Waals surface area (Å²) in [7, 11) is 0. The van der Waals surface area contributed by atoms with Crippen molar-refractivity contribution in [1.82, 2.24) is 4.90 Å². The summed E-state index contributed by atoms with van der Waals surface area (Å²) in [6, 6.07) is 8.32. The molecule has 9 heteroatoms. The molecule has 2 heterocycles. The Morgan fingerprint density at radius 1 is 1.19 bits per heavy atom. The molecule has 1 aliphatic heterocycles. The van der Waals surface area contributed by atoms with Gasteiger partial charge in [0.25, 0.3) is 5.91 Å². The lowest BCUT2D eigenvalue weighted by Gasteiger charge is -2.12. The molecule has 3 rings (SSSR count). The fourth-order valence-electron chi connectivity index (χ4n) is 2.91. The molecule has 0 saturated carbocycles. The van der Waals surface area contributed by atoms with Gasteiger partial charge in [0, 0.05) is 13.1 Å². The fraction of sp³-hybridized carbons (Fsp3) is 0.318. The molecular formula is C22H24N2O6S. The molecule has 0 spiro atoms. The Bertz CT molecular complexity index is 1030. The Hall–Kier alpha value is -3.20. The number of nitrogens with zero attached hydrogens (tertiary/aromatic N) is 2. The molecule has 1 fully saturated rings. The van der Waals surface area contributed by atoms with Crippen molar-refractivity contribution in [2.45, 2.75) is 27.4 Å². The minimum absolute atomic E-state index is 0.0600. The molecule has 8 nitrogen and oxygen atoms in total. The second kappa shape index (κ2) is 10.2. The number of carbonyl (C=O) groups excluding carboxylic acids is 1. The topological polar surface area (TPSA) is 102 Å². The Morgan fingerprint density at radius 2 is 2.00 bits per heavy atom. The standard InChI is InChI=1S/C22H24N2O6S/c1-4-23-22-24(5-2)20(25)19(31-22)12-14-7-9-16(18(11-14)28-6-3)29-13-15-8-10-17(30-15)21(26)27/h7-12H,4-6,13H2,1-3H3,(H,26,27). The van der Waals surface area contributed by atoms with Gasteiger partial charge in [-0.2, -0.15) is 0 Å². The predicted molar refractivity (Wildman–Crippen MR) is 119 cm³/mol. The van der Waals surface area contributed by atoms with Gasteiger partial charge < -0.3 is 19.0 Å². The van der Waals surface area contributed by atoms with Gasteiger partial charge in [-0.1, -0.05) is 6.07 Å². The largest absolute Gasteiger partial charge is 0.490 e. The minimum Gasteiger partial charge on any atom is -0.490 e. The molecule has 1 aromatic carbocycles. The molecule has 164 valence electrons. The summed E-state index contributed by atoms with van der Waals surface area (Å²) in [5.41, 5.74) is 0.798. The van der Waals surface area contributed by atoms with Crippen LogP contribution in [0.25, 0.3) is 6.08 Å². The highest BCUT2D eigenvalue weighted by molar-refractivity contribution is 8.18. The van der Waals surface area contributed by atoms with Gasteiger partial charge >= 0.3 is 5.97 Å². The second-order valence-electron chi connectivity index (χ2n) is 6.42. The number of furan rings is 1. The molecule has 0 aliphatic carbocycles. The summed E-state index contributed by atoms with van der Waals surface area (Å²) >= 11 is 1.36. The van der Waals surface area contributed by atoms with Crippen LogP contribution in [0.15, 0.2) is 44.6 Å². The van der Waals surface area contributed by atoms with Crippen molar-refractivity contribution in [2.24, 2.45) is 4.99 Å². The normalized spacial score (nSPS) is 16.4. The first-order chi connectivity index (χ1) is 15.0. The summed E-state index contributed by atoms with van der Waals surface area (Å²) in [6.07, 6.45) is 1.81. The van der Waals surface area contributed by atoms with Gasteiger partial charge in [0.2, 0.25) is 5.76 Å². The van der Waals surface area contributed by atoms with Gasteiger partial charge in [-0.25, -0.2) is 4.79 Å². The van der Waals surface area contributed by atoms with E-state index in [0.717, 1.165) is 5.56 Å². The smallest absolute Gasteiger partial charge is 0.371 e. The molecule has 31 heavy (non-hydrogen) atoms. The summed E-state index contributed by atoms with van der Waals surface area (Å²) in [5, 5.41) is 9.66. The number of aliphatic imine (C=N–C) groups is 1. The van der Waals surface area contributed by atoms with E-state index in [1.165, 1.54) is 17.8 Å². The number of thioether (sulfide) groups is 1. The van der Waals surface area contributed by atoms with E-state index in [9.17, 15) is 9.59 Å². The summed E-state index contributed by atoms with van der Waals surface area (Å²) in [5.74, 6) is 0.0628. The van der Waals surface area contributed by atoms with Crippen molar-refractivity contribution in [3.8, 4) is 11.5 Å². The van der Waals surface area contributed by atoms with Crippen LogP contribution in [0.1, 0.15) is 42.6 Å². The number of likely N-dealkylation sites (N-methyl/N-ethyl adjacent to an activating group) is 1. The number of amidine groups is 1. The Morgan fingerprint density at radius 3 is 2.65 bits per heavy atom. The van der Waals surface area contributed by atoms with Crippen molar-refractivity contribution in [2.75, 3.05) is 19.7 Å². The van der Waals surface area contributed by atoms with E-state index in [4.69, 9.17) is 19.0 Å². The highest BCUT2D eigenvalue weighted by atomic mass is 32.2. The third-order valence-electron chi connectivity index (χ3n) is 4.31. The number of carboxylic acids is 1. The molecule has 1 N–H and O–H groups in total. The Balaban J connectivity index is 1.79. The quantitative estimate of drug-likeness (QED) is 0.576. The minimum atomic E-state index is -1.13. The second-order valence-corrected chi connectivity index (χ2v) is 7.43. The SMILES string of the molecule is CCN=C1SC(=Cc2ccc(OCc3ccc(C(=O)O)o3)c(OCC)c2)C(=O)N1CC. The number of carboxylic acid groups (broad SMARTS) is 1. The predicted octanol–water partition coefficient (Wildman–Crippen LogP) is 4.27. The van der Waals surface area contributed by atoms with Gasteiger partial charge in [0.15, 0.2) is 16.7 Å². The summed E-state index contributed by atoms with van der Waals surface area (Å²) < 4.78 is 16.7. The van der Waals surface area contributed by atoms with Gasteiger partial charge in [-0.05, 0) is 68.4 Å². The lowest BCUT2D eigenvalue weighted by molar-refractivity contribution is -0.122. The van der Waals surface area contributed by atoms with Gasteiger partial charge in [-0.3, -0.25) is 14.7 Å². The molecule has 0 bridgehead atoms. The van der Waals surface area contributed by atoms with Crippen LogP contribution in [0.3, 0.4) is 0 Å². The van der Waals surface area contributed by atoms with E-state index in [1.54, 1.807) is 23.1 Å². The average Bonchev–Trinajstić information content (AvgIpc) is 3.33. The lowest BCUT2D eigenvalue weighted by Crippen LogP contribution is -2.28. The van der Waals surface area contributed by atoms with Gasteiger partial charge in [0.1, 0.15) is 12.4 Å². The van der Waals surface area contributed by atoms with Crippen LogP contribution in [0.4, 0.5) is 0 Å². The number of hydrogen-bond donors (Lipinski definition) is 1. The molecule has 1 aliphatic rings. The first-order valence-corrected chi connectivity index (χ1v) is 10.8. The van der Waals surface area contributed by atoms with Crippen molar-refractivity contribution in [3.05, 3.63) is 52.3 Å². The lowest BCUT2D eigenvalue weighted by atomic mass is 10.2. The zero-order valence-corrected chi connectivity index (χ0v) is 18.4. The van der Waals surface area contributed by atoms with Crippen LogP contribution < -0.4 is 9.47 Å². The third-order valence-corrected chi connectivity index (χ3v) is 5.35. The molecule has 1 amide bonds. The van der Waals surface area contributed by atoms with Crippen molar-refractivity contribution in [3.63, 3.8) is 0 Å². The molecule has 0 radical (unpaired) electrons. The zero-order chi connectivity index (χ0) is 22.4. The van der Waals surface area contributed by atoms with E-state index in [-0.39, 0.29) is 18.3 Å². The number of amides is 1. The monoisotopic (exact) mass is 444 g/mol. The maximum Gasteiger partial charge on any atom is 0.371 e. The zero-order valence-electron chi connectivity index (χ0n) is 17.6. The van der Waals surface area contributed by atoms with E-state index < -0.39 is 5.97 Å². The van der Waals surface area contributed by atoms with Crippen LogP contribution in [-0.2, 0) is 11.4 Å². The van der Waals surface area contributed by atoms with Gasteiger partial charge in [-0.15, -0.1) is 0 Å². The van der Waals surface area contributed by atoms with Crippen molar-refractivity contribution >= 4 is 34.9 Å². The number of rotatable bonds is 9. The number of aromatic carboxylic acids is 1. The average molecular weight is 445 g/mol. The molecule has 0 unspecified atom stereocenters. The Labute approximate surface area is 184 Å². The first-order valence-electron chi connectivity index (χ1n) is 9.94. The van der Waals surface area contributed by atoms with Crippen LogP contribution in [0.2, 0.25) is 0 Å². The molecule has 0 atom stereocenters. The van der Waals surface area contributed by atoms with E-state index >= 15 is 0 Å². The number of carbonyl (C=O) groups is 2. The van der Waals surface area contributed by atoms with Crippen LogP contribution >= 0.6 is 11.8 Å². The molecule has 1 saturated heterocycles. The first kappa shape index (κ1) is 22.5. The number of benzene rings is 1. The fourth-order valence-corrected chi connectivity index (χ4v) is 4.02. The van der Waals surface area contributed by atoms with Crippen LogP contribution in [-0.4, -0.2) is 46.7 Å². The van der Waals surface area contributed by atoms with Crippen molar-refractivity contribution in [1.29, 1.82) is 0 Å². The highest BCUT2D eigenvalue weighted by Gasteiger charge is 2.31. The summed E-state index contributed by atoms with van der Waals surface area (Å²) in [6.45, 7) is 7.40. The number of hydrogen-bond acceptors (Lipinski definition) is 7. The molecule has 2 aromatic rings. The van der Waals surface area contributed by atoms with Gasteiger partial charge in [0.05, 0.1) is 11.5 Å². The van der Waals surface area contributed by atoms with E-state index in [0.29, 0.717) is 47.0 Å². The third kappa shape index (κ3) is 5.29. The van der Waals surface area contributed by atoms with E-state index in [2.05, 4.69) is 4.99 Å². The maximum atomic E-state index is 12.7. The number of ether oxygens (including phenoxy) is 2.